The van der Waals surface area contributed by atoms with Gasteiger partial charge < -0.3 is 10.1 Å². The lowest BCUT2D eigenvalue weighted by Crippen LogP contribution is -2.23. The fourth-order valence-electron chi connectivity index (χ4n) is 2.29. The SMILES string of the molecule is Cc1nc(NC(=O)COC(=O)C[C@@H]2CCS(=O)(=O)C2)c(Cl)cc1Cl. The summed E-state index contributed by atoms with van der Waals surface area (Å²) < 4.78 is 27.5. The van der Waals surface area contributed by atoms with Crippen molar-refractivity contribution < 1.29 is 22.7 Å². The molecule has 0 radical (unpaired) electrons. The highest BCUT2D eigenvalue weighted by molar-refractivity contribution is 7.91. The summed E-state index contributed by atoms with van der Waals surface area (Å²) in [6.07, 6.45) is 0.415. The first-order chi connectivity index (χ1) is 11.2. The molecule has 2 heterocycles. The number of carbonyl (C=O) groups is 2. The quantitative estimate of drug-likeness (QED) is 0.766. The Kier molecular flexibility index (Phi) is 6.06. The molecule has 1 saturated heterocycles. The summed E-state index contributed by atoms with van der Waals surface area (Å²) in [4.78, 5) is 27.5. The smallest absolute Gasteiger partial charge is 0.306 e. The average molecular weight is 395 g/mol. The summed E-state index contributed by atoms with van der Waals surface area (Å²) in [6.45, 7) is 1.15. The second-order valence-electron chi connectivity index (χ2n) is 5.57. The minimum absolute atomic E-state index is 0.0160. The van der Waals surface area contributed by atoms with Gasteiger partial charge >= 0.3 is 5.97 Å². The van der Waals surface area contributed by atoms with E-state index in [4.69, 9.17) is 27.9 Å². The summed E-state index contributed by atoms with van der Waals surface area (Å²) >= 11 is 11.8. The first kappa shape index (κ1) is 19.0. The van der Waals surface area contributed by atoms with Crippen LogP contribution in [0.5, 0.6) is 0 Å². The lowest BCUT2D eigenvalue weighted by Gasteiger charge is -2.10. The van der Waals surface area contributed by atoms with Gasteiger partial charge in [-0.15, -0.1) is 0 Å². The van der Waals surface area contributed by atoms with E-state index in [-0.39, 0.29) is 34.7 Å². The first-order valence-corrected chi connectivity index (χ1v) is 9.72. The molecular weight excluding hydrogens is 379 g/mol. The number of hydrogen-bond donors (Lipinski definition) is 1. The van der Waals surface area contributed by atoms with Crippen LogP contribution in [-0.4, -0.2) is 43.4 Å². The summed E-state index contributed by atoms with van der Waals surface area (Å²) in [5, 5.41) is 2.97. The molecular formula is C14H16Cl2N2O5S. The number of rotatable bonds is 5. The number of nitrogens with zero attached hydrogens (tertiary/aromatic N) is 1. The Bertz CT molecular complexity index is 767. The lowest BCUT2D eigenvalue weighted by molar-refractivity contribution is -0.148. The molecule has 1 N–H and O–H groups in total. The number of aromatic nitrogens is 1. The summed E-state index contributed by atoms with van der Waals surface area (Å²) in [5.74, 6) is -1.26. The Morgan fingerprint density at radius 3 is 2.71 bits per heavy atom. The molecule has 10 heteroatoms. The molecule has 0 aromatic carbocycles. The Morgan fingerprint density at radius 2 is 2.08 bits per heavy atom. The van der Waals surface area contributed by atoms with Crippen LogP contribution >= 0.6 is 23.2 Å². The number of ether oxygens (including phenoxy) is 1. The van der Waals surface area contributed by atoms with E-state index >= 15 is 0 Å². The van der Waals surface area contributed by atoms with Gasteiger partial charge in [-0.3, -0.25) is 9.59 Å². The fourth-order valence-corrected chi connectivity index (χ4v) is 4.56. The number of sulfone groups is 1. The normalized spacial score (nSPS) is 19.0. The monoisotopic (exact) mass is 394 g/mol. The molecule has 1 aromatic heterocycles. The molecule has 0 unspecified atom stereocenters. The predicted molar refractivity (Wildman–Crippen MR) is 90.0 cm³/mol. The number of halogens is 2. The fraction of sp³-hybridized carbons (Fsp3) is 0.500. The maximum atomic E-state index is 11.8. The molecule has 1 atom stereocenters. The third-order valence-corrected chi connectivity index (χ3v) is 6.02. The van der Waals surface area contributed by atoms with Crippen LogP contribution in [0.15, 0.2) is 6.07 Å². The van der Waals surface area contributed by atoms with E-state index in [0.29, 0.717) is 17.1 Å². The molecule has 24 heavy (non-hydrogen) atoms. The Morgan fingerprint density at radius 1 is 1.38 bits per heavy atom. The number of nitrogens with one attached hydrogen (secondary N) is 1. The van der Waals surface area contributed by atoms with Gasteiger partial charge in [-0.25, -0.2) is 13.4 Å². The van der Waals surface area contributed by atoms with Crippen LogP contribution < -0.4 is 5.32 Å². The van der Waals surface area contributed by atoms with Gasteiger partial charge in [0.25, 0.3) is 5.91 Å². The van der Waals surface area contributed by atoms with Crippen molar-refractivity contribution >= 4 is 50.7 Å². The molecule has 7 nitrogen and oxygen atoms in total. The Hall–Kier alpha value is -1.38. The third kappa shape index (κ3) is 5.32. The van der Waals surface area contributed by atoms with Crippen molar-refractivity contribution in [1.82, 2.24) is 4.98 Å². The van der Waals surface area contributed by atoms with Crippen LogP contribution in [0, 0.1) is 12.8 Å². The minimum Gasteiger partial charge on any atom is -0.456 e. The molecule has 0 saturated carbocycles. The zero-order valence-electron chi connectivity index (χ0n) is 12.8. The van der Waals surface area contributed by atoms with E-state index < -0.39 is 28.3 Å². The molecule has 1 fully saturated rings. The molecule has 132 valence electrons. The largest absolute Gasteiger partial charge is 0.456 e. The molecule has 1 aromatic rings. The number of hydrogen-bond acceptors (Lipinski definition) is 6. The van der Waals surface area contributed by atoms with Gasteiger partial charge in [-0.2, -0.15) is 0 Å². The predicted octanol–water partition coefficient (Wildman–Crippen LogP) is 2.00. The standard InChI is InChI=1S/C14H16Cl2N2O5S/c1-8-10(15)5-11(16)14(17-8)18-12(19)6-23-13(20)4-9-2-3-24(21,22)7-9/h5,9H,2-4,6-7H2,1H3,(H,17,18,19)/t9-/m0/s1. The van der Waals surface area contributed by atoms with E-state index in [1.807, 2.05) is 0 Å². The Balaban J connectivity index is 1.81. The maximum absolute atomic E-state index is 11.8. The highest BCUT2D eigenvalue weighted by atomic mass is 35.5. The first-order valence-electron chi connectivity index (χ1n) is 7.15. The highest BCUT2D eigenvalue weighted by Gasteiger charge is 2.30. The molecule has 1 aliphatic heterocycles. The van der Waals surface area contributed by atoms with Gasteiger partial charge in [0, 0.05) is 6.42 Å². The maximum Gasteiger partial charge on any atom is 0.306 e. The van der Waals surface area contributed by atoms with E-state index in [1.165, 1.54) is 6.07 Å². The van der Waals surface area contributed by atoms with Gasteiger partial charge in [0.2, 0.25) is 0 Å². The molecule has 0 spiro atoms. The molecule has 0 aliphatic carbocycles. The second kappa shape index (κ2) is 7.67. The minimum atomic E-state index is -3.05. The van der Waals surface area contributed by atoms with Crippen molar-refractivity contribution in [3.05, 3.63) is 21.8 Å². The number of pyridine rings is 1. The van der Waals surface area contributed by atoms with Crippen LogP contribution in [0.1, 0.15) is 18.5 Å². The average Bonchev–Trinajstić information content (AvgIpc) is 2.81. The molecule has 1 aliphatic rings. The van der Waals surface area contributed by atoms with Gasteiger partial charge in [0.1, 0.15) is 0 Å². The van der Waals surface area contributed by atoms with Gasteiger partial charge in [-0.05, 0) is 25.3 Å². The van der Waals surface area contributed by atoms with Crippen molar-refractivity contribution in [1.29, 1.82) is 0 Å². The van der Waals surface area contributed by atoms with Crippen molar-refractivity contribution in [2.24, 2.45) is 5.92 Å². The van der Waals surface area contributed by atoms with Crippen LogP contribution in [0.3, 0.4) is 0 Å². The highest BCUT2D eigenvalue weighted by Crippen LogP contribution is 2.25. The van der Waals surface area contributed by atoms with E-state index in [9.17, 15) is 18.0 Å². The number of amides is 1. The summed E-state index contributed by atoms with van der Waals surface area (Å²) in [6, 6.07) is 1.45. The third-order valence-electron chi connectivity index (χ3n) is 3.51. The van der Waals surface area contributed by atoms with Crippen LogP contribution in [-0.2, 0) is 24.2 Å². The number of aryl methyl sites for hydroxylation is 1. The van der Waals surface area contributed by atoms with Crippen LogP contribution in [0.4, 0.5) is 5.82 Å². The molecule has 0 bridgehead atoms. The zero-order valence-corrected chi connectivity index (χ0v) is 15.2. The zero-order chi connectivity index (χ0) is 17.9. The molecule has 1 amide bonds. The Labute approximate surface area is 149 Å². The topological polar surface area (TPSA) is 102 Å². The lowest BCUT2D eigenvalue weighted by atomic mass is 10.1. The second-order valence-corrected chi connectivity index (χ2v) is 8.61. The van der Waals surface area contributed by atoms with Crippen molar-refractivity contribution in [3.63, 3.8) is 0 Å². The number of esters is 1. The summed E-state index contributed by atoms with van der Waals surface area (Å²) in [5.41, 5.74) is 0.496. The summed E-state index contributed by atoms with van der Waals surface area (Å²) in [7, 11) is -3.05. The van der Waals surface area contributed by atoms with Crippen LogP contribution in [0.25, 0.3) is 0 Å². The van der Waals surface area contributed by atoms with E-state index in [2.05, 4.69) is 10.3 Å². The van der Waals surface area contributed by atoms with Crippen molar-refractivity contribution in [3.8, 4) is 0 Å². The number of carbonyl (C=O) groups excluding carboxylic acids is 2. The number of anilines is 1. The van der Waals surface area contributed by atoms with Crippen molar-refractivity contribution in [2.75, 3.05) is 23.4 Å². The van der Waals surface area contributed by atoms with E-state index in [0.717, 1.165) is 0 Å². The van der Waals surface area contributed by atoms with Crippen molar-refractivity contribution in [2.45, 2.75) is 19.8 Å². The van der Waals surface area contributed by atoms with Crippen LogP contribution in [0.2, 0.25) is 10.0 Å². The van der Waals surface area contributed by atoms with E-state index in [1.54, 1.807) is 6.92 Å². The van der Waals surface area contributed by atoms with Gasteiger partial charge in [0.05, 0.1) is 27.2 Å². The van der Waals surface area contributed by atoms with Gasteiger partial charge in [-0.1, -0.05) is 23.2 Å². The van der Waals surface area contributed by atoms with Gasteiger partial charge in [0.15, 0.2) is 22.3 Å². The molecule has 2 rings (SSSR count).